The molecular weight excluding hydrogens is 297 g/mol. The molecule has 1 aliphatic heterocycles. The van der Waals surface area contributed by atoms with Crippen molar-refractivity contribution in [3.05, 3.63) is 28.8 Å². The Morgan fingerprint density at radius 1 is 1.30 bits per heavy atom. The Balaban J connectivity index is 2.47. The first-order valence-corrected chi connectivity index (χ1v) is 8.18. The van der Waals surface area contributed by atoms with Crippen LogP contribution in [0.3, 0.4) is 0 Å². The molecule has 1 aromatic rings. The molecule has 0 spiro atoms. The number of alkyl halides is 1. The quantitative estimate of drug-likeness (QED) is 0.894. The summed E-state index contributed by atoms with van der Waals surface area (Å²) in [7, 11) is 0. The zero-order valence-electron chi connectivity index (χ0n) is 14.2. The molecule has 2 rings (SSSR count). The van der Waals surface area contributed by atoms with Crippen LogP contribution in [0.25, 0.3) is 0 Å². The Kier molecular flexibility index (Phi) is 5.30. The maximum Gasteiger partial charge on any atom is 0.258 e. The van der Waals surface area contributed by atoms with Crippen LogP contribution in [-0.4, -0.2) is 46.4 Å². The van der Waals surface area contributed by atoms with E-state index in [9.17, 15) is 19.4 Å². The van der Waals surface area contributed by atoms with Crippen LogP contribution in [0.4, 0.5) is 4.39 Å². The topological polar surface area (TPSA) is 60.8 Å². The molecule has 1 fully saturated rings. The van der Waals surface area contributed by atoms with E-state index in [0.717, 1.165) is 11.1 Å². The molecule has 0 aromatic heterocycles. The molecule has 1 heterocycles. The highest BCUT2D eigenvalue weighted by atomic mass is 19.1. The van der Waals surface area contributed by atoms with Crippen LogP contribution >= 0.6 is 0 Å². The number of benzene rings is 1. The van der Waals surface area contributed by atoms with Crippen molar-refractivity contribution in [3.63, 3.8) is 0 Å². The molecule has 0 bridgehead atoms. The van der Waals surface area contributed by atoms with Gasteiger partial charge in [-0.2, -0.15) is 0 Å². The average molecular weight is 323 g/mol. The number of rotatable bonds is 4. The van der Waals surface area contributed by atoms with Crippen LogP contribution in [0, 0.1) is 0 Å². The van der Waals surface area contributed by atoms with Gasteiger partial charge in [0, 0.05) is 6.42 Å². The summed E-state index contributed by atoms with van der Waals surface area (Å²) >= 11 is 0. The highest BCUT2D eigenvalue weighted by Crippen LogP contribution is 2.35. The van der Waals surface area contributed by atoms with Crippen molar-refractivity contribution in [2.24, 2.45) is 0 Å². The normalized spacial score (nSPS) is 21.5. The second-order valence-electron chi connectivity index (χ2n) is 6.94. The van der Waals surface area contributed by atoms with E-state index >= 15 is 0 Å². The fourth-order valence-electron chi connectivity index (χ4n) is 3.05. The van der Waals surface area contributed by atoms with Crippen molar-refractivity contribution in [1.82, 2.24) is 4.90 Å². The minimum Gasteiger partial charge on any atom is -0.507 e. The Bertz CT molecular complexity index is 586. The summed E-state index contributed by atoms with van der Waals surface area (Å²) in [6.45, 7) is 7.65. The van der Waals surface area contributed by atoms with Gasteiger partial charge in [-0.05, 0) is 29.0 Å². The zero-order valence-corrected chi connectivity index (χ0v) is 14.2. The van der Waals surface area contributed by atoms with Crippen molar-refractivity contribution in [2.75, 3.05) is 13.2 Å². The predicted octanol–water partition coefficient (Wildman–Crippen LogP) is 3.18. The van der Waals surface area contributed by atoms with Gasteiger partial charge in [0.05, 0.1) is 24.8 Å². The minimum absolute atomic E-state index is 0.0339. The molecule has 1 saturated heterocycles. The zero-order chi connectivity index (χ0) is 17.3. The van der Waals surface area contributed by atoms with Gasteiger partial charge in [-0.25, -0.2) is 4.39 Å². The van der Waals surface area contributed by atoms with Crippen molar-refractivity contribution in [1.29, 1.82) is 0 Å². The highest BCUT2D eigenvalue weighted by Gasteiger charge is 2.36. The van der Waals surface area contributed by atoms with Crippen LogP contribution in [0.15, 0.2) is 12.1 Å². The van der Waals surface area contributed by atoms with E-state index in [1.165, 1.54) is 4.90 Å². The maximum absolute atomic E-state index is 13.6. The molecule has 0 saturated carbocycles. The van der Waals surface area contributed by atoms with Gasteiger partial charge in [-0.15, -0.1) is 0 Å². The molecule has 1 aliphatic rings. The number of amides is 1. The van der Waals surface area contributed by atoms with Crippen molar-refractivity contribution in [3.8, 4) is 5.75 Å². The third-order valence-corrected chi connectivity index (χ3v) is 4.52. The standard InChI is InChI=1S/C18H26FNO3/c1-10(2)12-5-15(11(3)4)17(22)16(6-12)18(23)20-8-13(19)7-14(20)9-21/h5-6,10-11,13-14,21-22H,7-9H2,1-4H3/t13-,14-/m0/s1. The second-order valence-corrected chi connectivity index (χ2v) is 6.94. The van der Waals surface area contributed by atoms with Gasteiger partial charge in [-0.3, -0.25) is 4.79 Å². The van der Waals surface area contributed by atoms with Crippen LogP contribution in [0.5, 0.6) is 5.75 Å². The molecule has 0 unspecified atom stereocenters. The number of hydrogen-bond donors (Lipinski definition) is 2. The molecule has 4 nitrogen and oxygen atoms in total. The Morgan fingerprint density at radius 3 is 2.48 bits per heavy atom. The van der Waals surface area contributed by atoms with Crippen LogP contribution in [-0.2, 0) is 0 Å². The highest BCUT2D eigenvalue weighted by molar-refractivity contribution is 5.98. The summed E-state index contributed by atoms with van der Waals surface area (Å²) in [5.74, 6) is -0.165. The number of carbonyl (C=O) groups is 1. The van der Waals surface area contributed by atoms with Gasteiger partial charge in [0.2, 0.25) is 0 Å². The van der Waals surface area contributed by atoms with Gasteiger partial charge in [0.1, 0.15) is 11.9 Å². The fourth-order valence-corrected chi connectivity index (χ4v) is 3.05. The lowest BCUT2D eigenvalue weighted by atomic mass is 9.91. The summed E-state index contributed by atoms with van der Waals surface area (Å²) in [6, 6.07) is 3.09. The predicted molar refractivity (Wildman–Crippen MR) is 87.7 cm³/mol. The largest absolute Gasteiger partial charge is 0.507 e. The summed E-state index contributed by atoms with van der Waals surface area (Å²) < 4.78 is 13.6. The van der Waals surface area contributed by atoms with E-state index in [1.54, 1.807) is 6.07 Å². The molecule has 0 aliphatic carbocycles. The number of aromatic hydroxyl groups is 1. The van der Waals surface area contributed by atoms with Gasteiger partial charge >= 0.3 is 0 Å². The van der Waals surface area contributed by atoms with E-state index in [4.69, 9.17) is 0 Å². The average Bonchev–Trinajstić information content (AvgIpc) is 2.87. The van der Waals surface area contributed by atoms with E-state index in [1.807, 2.05) is 33.8 Å². The number of halogens is 1. The van der Waals surface area contributed by atoms with Crippen LogP contribution in [0.2, 0.25) is 0 Å². The third-order valence-electron chi connectivity index (χ3n) is 4.52. The molecule has 23 heavy (non-hydrogen) atoms. The molecule has 2 N–H and O–H groups in total. The van der Waals surface area contributed by atoms with Gasteiger partial charge in [0.25, 0.3) is 5.91 Å². The smallest absolute Gasteiger partial charge is 0.258 e. The fraction of sp³-hybridized carbons (Fsp3) is 0.611. The van der Waals surface area contributed by atoms with Crippen LogP contribution < -0.4 is 0 Å². The van der Waals surface area contributed by atoms with Crippen molar-refractivity contribution < 1.29 is 19.4 Å². The first-order chi connectivity index (χ1) is 10.8. The van der Waals surface area contributed by atoms with Gasteiger partial charge in [-0.1, -0.05) is 33.8 Å². The summed E-state index contributed by atoms with van der Waals surface area (Å²) in [5.41, 5.74) is 1.88. The summed E-state index contributed by atoms with van der Waals surface area (Å²) in [5, 5.41) is 19.9. The lowest BCUT2D eigenvalue weighted by Gasteiger charge is -2.25. The second kappa shape index (κ2) is 6.87. The van der Waals surface area contributed by atoms with E-state index < -0.39 is 18.1 Å². The number of phenolic OH excluding ortho intramolecular Hbond substituents is 1. The van der Waals surface area contributed by atoms with Crippen molar-refractivity contribution in [2.45, 2.75) is 58.2 Å². The number of phenols is 1. The third kappa shape index (κ3) is 3.50. The molecular formula is C18H26FNO3. The number of nitrogens with zero attached hydrogens (tertiary/aromatic N) is 1. The molecule has 0 radical (unpaired) electrons. The van der Waals surface area contributed by atoms with E-state index in [0.29, 0.717) is 0 Å². The maximum atomic E-state index is 13.6. The Hall–Kier alpha value is -1.62. The molecule has 2 atom stereocenters. The number of aliphatic hydroxyl groups excluding tert-OH is 1. The summed E-state index contributed by atoms with van der Waals surface area (Å²) in [4.78, 5) is 14.2. The monoisotopic (exact) mass is 323 g/mol. The SMILES string of the molecule is CC(C)c1cc(C(=O)N2C[C@@H](F)C[C@H]2CO)c(O)c(C(C)C)c1. The number of aliphatic hydroxyl groups is 1. The number of likely N-dealkylation sites (tertiary alicyclic amines) is 1. The molecule has 5 heteroatoms. The molecule has 128 valence electrons. The van der Waals surface area contributed by atoms with Crippen LogP contribution in [0.1, 0.15) is 67.4 Å². The number of carbonyl (C=O) groups excluding carboxylic acids is 1. The van der Waals surface area contributed by atoms with Crippen molar-refractivity contribution >= 4 is 5.91 Å². The van der Waals surface area contributed by atoms with Gasteiger partial charge in [0.15, 0.2) is 0 Å². The first kappa shape index (κ1) is 17.7. The Morgan fingerprint density at radius 2 is 1.96 bits per heavy atom. The Labute approximate surface area is 136 Å². The lowest BCUT2D eigenvalue weighted by Crippen LogP contribution is -2.38. The van der Waals surface area contributed by atoms with Gasteiger partial charge < -0.3 is 15.1 Å². The molecule has 1 aromatic carbocycles. The first-order valence-electron chi connectivity index (χ1n) is 8.18. The lowest BCUT2D eigenvalue weighted by molar-refractivity contribution is 0.0669. The summed E-state index contributed by atoms with van der Waals surface area (Å²) in [6.07, 6.45) is -0.986. The molecule has 1 amide bonds. The number of hydrogen-bond acceptors (Lipinski definition) is 3. The minimum atomic E-state index is -1.13. The van der Waals surface area contributed by atoms with E-state index in [2.05, 4.69) is 0 Å². The van der Waals surface area contributed by atoms with E-state index in [-0.39, 0.29) is 42.7 Å².